The topological polar surface area (TPSA) is 80.0 Å². The summed E-state index contributed by atoms with van der Waals surface area (Å²) in [6.45, 7) is 2.03. The average Bonchev–Trinajstić information content (AvgIpc) is 3.07. The maximum atomic E-state index is 13.8. The van der Waals surface area contributed by atoms with Crippen LogP contribution in [0.4, 0.5) is 4.39 Å². The highest BCUT2D eigenvalue weighted by Gasteiger charge is 2.32. The van der Waals surface area contributed by atoms with Gasteiger partial charge in [0.25, 0.3) is 0 Å². The van der Waals surface area contributed by atoms with Gasteiger partial charge in [-0.15, -0.1) is 11.8 Å². The number of nitrogens with zero attached hydrogens (tertiary/aromatic N) is 2. The van der Waals surface area contributed by atoms with Gasteiger partial charge in [0, 0.05) is 18.2 Å². The predicted molar refractivity (Wildman–Crippen MR) is 93.8 cm³/mol. The average molecular weight is 364 g/mol. The lowest BCUT2D eigenvalue weighted by molar-refractivity contribution is -0.121. The van der Waals surface area contributed by atoms with Crippen LogP contribution in [0.5, 0.6) is 0 Å². The SMILES string of the molecule is CNC(C)Cc1noc(C2CSC(Cc3ccccc3F)C(=O)N2)n1. The summed E-state index contributed by atoms with van der Waals surface area (Å²) in [4.78, 5) is 16.7. The quantitative estimate of drug-likeness (QED) is 0.815. The van der Waals surface area contributed by atoms with Crippen molar-refractivity contribution in [3.63, 3.8) is 0 Å². The van der Waals surface area contributed by atoms with Crippen molar-refractivity contribution in [1.82, 2.24) is 20.8 Å². The minimum atomic E-state index is -0.320. The monoisotopic (exact) mass is 364 g/mol. The third-order valence-electron chi connectivity index (χ3n) is 4.20. The van der Waals surface area contributed by atoms with Crippen molar-refractivity contribution in [2.24, 2.45) is 0 Å². The van der Waals surface area contributed by atoms with Gasteiger partial charge in [-0.25, -0.2) is 4.39 Å². The Bertz CT molecular complexity index is 739. The highest BCUT2D eigenvalue weighted by molar-refractivity contribution is 8.00. The van der Waals surface area contributed by atoms with E-state index in [1.807, 2.05) is 14.0 Å². The van der Waals surface area contributed by atoms with E-state index in [-0.39, 0.29) is 29.1 Å². The zero-order chi connectivity index (χ0) is 17.8. The summed E-state index contributed by atoms with van der Waals surface area (Å²) in [6.07, 6.45) is 1.02. The second-order valence-corrected chi connectivity index (χ2v) is 7.36. The molecule has 3 unspecified atom stereocenters. The van der Waals surface area contributed by atoms with Crippen molar-refractivity contribution in [2.45, 2.75) is 37.1 Å². The van der Waals surface area contributed by atoms with E-state index in [1.165, 1.54) is 17.8 Å². The number of rotatable bonds is 6. The fourth-order valence-corrected chi connectivity index (χ4v) is 3.78. The van der Waals surface area contributed by atoms with Crippen molar-refractivity contribution in [2.75, 3.05) is 12.8 Å². The molecule has 1 saturated heterocycles. The molecule has 1 aliphatic rings. The second kappa shape index (κ2) is 7.97. The minimum absolute atomic E-state index is 0.132. The molecule has 0 saturated carbocycles. The Kier molecular flexibility index (Phi) is 5.70. The van der Waals surface area contributed by atoms with Crippen LogP contribution in [0.1, 0.15) is 30.2 Å². The van der Waals surface area contributed by atoms with Crippen molar-refractivity contribution in [3.8, 4) is 0 Å². The van der Waals surface area contributed by atoms with Crippen molar-refractivity contribution in [1.29, 1.82) is 0 Å². The molecule has 2 N–H and O–H groups in total. The largest absolute Gasteiger partial charge is 0.343 e. The van der Waals surface area contributed by atoms with Crippen LogP contribution in [0, 0.1) is 5.82 Å². The number of nitrogens with one attached hydrogen (secondary N) is 2. The Hall–Kier alpha value is -1.93. The van der Waals surface area contributed by atoms with E-state index < -0.39 is 0 Å². The Labute approximate surface area is 150 Å². The molecule has 134 valence electrons. The fourth-order valence-electron chi connectivity index (χ4n) is 2.61. The summed E-state index contributed by atoms with van der Waals surface area (Å²) < 4.78 is 19.1. The first-order valence-electron chi connectivity index (χ1n) is 8.22. The lowest BCUT2D eigenvalue weighted by Gasteiger charge is -2.26. The van der Waals surface area contributed by atoms with Gasteiger partial charge in [-0.3, -0.25) is 4.79 Å². The number of hydrogen-bond donors (Lipinski definition) is 2. The third kappa shape index (κ3) is 4.38. The van der Waals surface area contributed by atoms with Crippen molar-refractivity contribution >= 4 is 17.7 Å². The maximum Gasteiger partial charge on any atom is 0.250 e. The standard InChI is InChI=1S/C17H21FN4O2S/c1-10(19-2)7-15-21-17(24-22-15)13-9-25-14(16(23)20-13)8-11-5-3-4-6-12(11)18/h3-6,10,13-14,19H,7-9H2,1-2H3,(H,20,23). The molecule has 3 atom stereocenters. The van der Waals surface area contributed by atoms with E-state index in [0.717, 1.165) is 0 Å². The number of halogens is 1. The molecule has 2 aromatic rings. The summed E-state index contributed by atoms with van der Waals surface area (Å²) in [5, 5.41) is 9.67. The van der Waals surface area contributed by atoms with Crippen LogP contribution < -0.4 is 10.6 Å². The summed E-state index contributed by atoms with van der Waals surface area (Å²) in [6, 6.07) is 6.48. The summed E-state index contributed by atoms with van der Waals surface area (Å²) in [7, 11) is 1.87. The van der Waals surface area contributed by atoms with Crippen LogP contribution >= 0.6 is 11.8 Å². The van der Waals surface area contributed by atoms with Gasteiger partial charge in [0.1, 0.15) is 11.9 Å². The van der Waals surface area contributed by atoms with Gasteiger partial charge >= 0.3 is 0 Å². The molecular formula is C17H21FN4O2S. The number of likely N-dealkylation sites (N-methyl/N-ethyl adjacent to an activating group) is 1. The zero-order valence-corrected chi connectivity index (χ0v) is 15.0. The second-order valence-electron chi connectivity index (χ2n) is 6.12. The van der Waals surface area contributed by atoms with Gasteiger partial charge in [0.15, 0.2) is 5.82 Å². The van der Waals surface area contributed by atoms with Crippen LogP contribution in [-0.4, -0.2) is 40.1 Å². The number of thioether (sulfide) groups is 1. The Morgan fingerprint density at radius 1 is 1.48 bits per heavy atom. The van der Waals surface area contributed by atoms with Gasteiger partial charge in [-0.1, -0.05) is 23.4 Å². The maximum absolute atomic E-state index is 13.8. The van der Waals surface area contributed by atoms with Crippen LogP contribution in [0.25, 0.3) is 0 Å². The Morgan fingerprint density at radius 3 is 3.00 bits per heavy atom. The van der Waals surface area contributed by atoms with Crippen LogP contribution in [0.15, 0.2) is 28.8 Å². The predicted octanol–water partition coefficient (Wildman–Crippen LogP) is 1.87. The lowest BCUT2D eigenvalue weighted by Crippen LogP contribution is -2.42. The van der Waals surface area contributed by atoms with Gasteiger partial charge in [0.05, 0.1) is 5.25 Å². The highest BCUT2D eigenvalue weighted by Crippen LogP contribution is 2.28. The number of amides is 1. The van der Waals surface area contributed by atoms with Crippen molar-refractivity contribution in [3.05, 3.63) is 47.4 Å². The van der Waals surface area contributed by atoms with Gasteiger partial charge in [-0.2, -0.15) is 4.98 Å². The molecule has 6 nitrogen and oxygen atoms in total. The number of carbonyl (C=O) groups is 1. The molecule has 1 aromatic heterocycles. The molecule has 2 heterocycles. The minimum Gasteiger partial charge on any atom is -0.343 e. The number of benzene rings is 1. The summed E-state index contributed by atoms with van der Waals surface area (Å²) >= 11 is 1.49. The van der Waals surface area contributed by atoms with Crippen LogP contribution in [0.3, 0.4) is 0 Å². The van der Waals surface area contributed by atoms with Gasteiger partial charge in [0.2, 0.25) is 11.8 Å². The Balaban J connectivity index is 1.60. The molecule has 0 radical (unpaired) electrons. The van der Waals surface area contributed by atoms with E-state index in [9.17, 15) is 9.18 Å². The van der Waals surface area contributed by atoms with Gasteiger partial charge < -0.3 is 15.2 Å². The smallest absolute Gasteiger partial charge is 0.250 e. The normalized spacial score (nSPS) is 21.8. The molecule has 8 heteroatoms. The van der Waals surface area contributed by atoms with E-state index in [0.29, 0.717) is 35.9 Å². The van der Waals surface area contributed by atoms with E-state index in [4.69, 9.17) is 4.52 Å². The molecule has 3 rings (SSSR count). The first-order valence-corrected chi connectivity index (χ1v) is 9.27. The molecule has 1 fully saturated rings. The summed E-state index contributed by atoms with van der Waals surface area (Å²) in [5.74, 6) is 1.24. The van der Waals surface area contributed by atoms with Gasteiger partial charge in [-0.05, 0) is 32.0 Å². The lowest BCUT2D eigenvalue weighted by atomic mass is 10.1. The molecular weight excluding hydrogens is 343 g/mol. The highest BCUT2D eigenvalue weighted by atomic mass is 32.2. The summed E-state index contributed by atoms with van der Waals surface area (Å²) in [5.41, 5.74) is 0.551. The molecule has 1 aliphatic heterocycles. The molecule has 0 aliphatic carbocycles. The first kappa shape index (κ1) is 17.9. The first-order chi connectivity index (χ1) is 12.1. The molecule has 25 heavy (non-hydrogen) atoms. The number of aromatic nitrogens is 2. The van der Waals surface area contributed by atoms with E-state index in [2.05, 4.69) is 20.8 Å². The number of hydrogen-bond acceptors (Lipinski definition) is 6. The van der Waals surface area contributed by atoms with Crippen molar-refractivity contribution < 1.29 is 13.7 Å². The third-order valence-corrected chi connectivity index (χ3v) is 5.51. The fraction of sp³-hybridized carbons (Fsp3) is 0.471. The van der Waals surface area contributed by atoms with Crippen LogP contribution in [-0.2, 0) is 17.6 Å². The molecule has 1 aromatic carbocycles. The van der Waals surface area contributed by atoms with Crippen LogP contribution in [0.2, 0.25) is 0 Å². The van der Waals surface area contributed by atoms with E-state index >= 15 is 0 Å². The number of carbonyl (C=O) groups excluding carboxylic acids is 1. The molecule has 0 bridgehead atoms. The zero-order valence-electron chi connectivity index (χ0n) is 14.2. The molecule has 0 spiro atoms. The Morgan fingerprint density at radius 2 is 2.28 bits per heavy atom. The van der Waals surface area contributed by atoms with E-state index in [1.54, 1.807) is 18.2 Å². The molecule has 1 amide bonds.